The predicted octanol–water partition coefficient (Wildman–Crippen LogP) is 2.66. The van der Waals surface area contributed by atoms with Crippen molar-refractivity contribution < 1.29 is 22.7 Å². The smallest absolute Gasteiger partial charge is 0.384 e. The fourth-order valence-corrected chi connectivity index (χ4v) is 1.77. The minimum Gasteiger partial charge on any atom is -0.384 e. The summed E-state index contributed by atoms with van der Waals surface area (Å²) in [4.78, 5) is 0. The highest BCUT2D eigenvalue weighted by atomic mass is 19.4. The van der Waals surface area contributed by atoms with Gasteiger partial charge in [0, 0.05) is 18.8 Å². The zero-order valence-corrected chi connectivity index (χ0v) is 9.82. The minimum atomic E-state index is -4.74. The third-order valence-corrected chi connectivity index (χ3v) is 2.66. The summed E-state index contributed by atoms with van der Waals surface area (Å²) in [6.45, 7) is 0. The number of aliphatic hydroxyl groups is 1. The fraction of sp³-hybridized carbons (Fsp3) is 0.250. The number of aryl methyl sites for hydroxylation is 1. The molecule has 102 valence electrons. The molecule has 1 heterocycles. The van der Waals surface area contributed by atoms with Crippen LogP contribution in [0.15, 0.2) is 30.6 Å². The molecule has 19 heavy (non-hydrogen) atoms. The van der Waals surface area contributed by atoms with E-state index in [1.54, 1.807) is 7.05 Å². The number of hydrogen-bond donors (Lipinski definition) is 1. The van der Waals surface area contributed by atoms with E-state index in [9.17, 15) is 22.7 Å². The van der Waals surface area contributed by atoms with Gasteiger partial charge >= 0.3 is 6.18 Å². The van der Waals surface area contributed by atoms with E-state index in [4.69, 9.17) is 0 Å². The summed E-state index contributed by atoms with van der Waals surface area (Å²) in [7, 11) is 1.57. The molecular formula is C12H10F4N2O. The van der Waals surface area contributed by atoms with Gasteiger partial charge in [-0.3, -0.25) is 4.68 Å². The molecule has 1 atom stereocenters. The standard InChI is InChI=1S/C12H10F4N2O/c1-18-6-7(5-17-18)11(19)9-3-2-8(13)4-10(9)12(14,15)16/h2-6,11,19H,1H3. The van der Waals surface area contributed by atoms with Crippen molar-refractivity contribution in [3.63, 3.8) is 0 Å². The molecule has 1 aromatic heterocycles. The summed E-state index contributed by atoms with van der Waals surface area (Å²) >= 11 is 0. The van der Waals surface area contributed by atoms with Crippen LogP contribution in [0.5, 0.6) is 0 Å². The Kier molecular flexibility index (Phi) is 3.32. The Bertz CT molecular complexity index is 592. The van der Waals surface area contributed by atoms with Crippen molar-refractivity contribution >= 4 is 0 Å². The van der Waals surface area contributed by atoms with Crippen LogP contribution in [0.25, 0.3) is 0 Å². The van der Waals surface area contributed by atoms with E-state index in [-0.39, 0.29) is 5.56 Å². The largest absolute Gasteiger partial charge is 0.416 e. The highest BCUT2D eigenvalue weighted by Gasteiger charge is 2.35. The molecule has 0 bridgehead atoms. The normalized spacial score (nSPS) is 13.6. The Morgan fingerprint density at radius 1 is 1.32 bits per heavy atom. The van der Waals surface area contributed by atoms with Crippen LogP contribution >= 0.6 is 0 Å². The molecule has 0 aliphatic rings. The molecule has 3 nitrogen and oxygen atoms in total. The van der Waals surface area contributed by atoms with Crippen molar-refractivity contribution in [2.24, 2.45) is 7.05 Å². The molecule has 0 aliphatic heterocycles. The maximum absolute atomic E-state index is 12.9. The van der Waals surface area contributed by atoms with Crippen LogP contribution in [0.3, 0.4) is 0 Å². The van der Waals surface area contributed by atoms with Gasteiger partial charge in [-0.2, -0.15) is 18.3 Å². The van der Waals surface area contributed by atoms with Crippen molar-refractivity contribution in [3.05, 3.63) is 53.1 Å². The van der Waals surface area contributed by atoms with E-state index >= 15 is 0 Å². The SMILES string of the molecule is Cn1cc(C(O)c2ccc(F)cc2C(F)(F)F)cn1. The molecule has 1 N–H and O–H groups in total. The van der Waals surface area contributed by atoms with Crippen molar-refractivity contribution in [3.8, 4) is 0 Å². The lowest BCUT2D eigenvalue weighted by Crippen LogP contribution is -2.13. The van der Waals surface area contributed by atoms with Gasteiger partial charge in [-0.1, -0.05) is 6.07 Å². The van der Waals surface area contributed by atoms with Gasteiger partial charge in [-0.15, -0.1) is 0 Å². The summed E-state index contributed by atoms with van der Waals surface area (Å²) < 4.78 is 52.7. The van der Waals surface area contributed by atoms with Crippen LogP contribution in [0.1, 0.15) is 22.8 Å². The molecule has 0 saturated heterocycles. The second kappa shape index (κ2) is 4.65. The third kappa shape index (κ3) is 2.76. The summed E-state index contributed by atoms with van der Waals surface area (Å²) in [5, 5.41) is 13.7. The van der Waals surface area contributed by atoms with Crippen LogP contribution in [-0.4, -0.2) is 14.9 Å². The lowest BCUT2D eigenvalue weighted by molar-refractivity contribution is -0.139. The molecule has 7 heteroatoms. The number of alkyl halides is 3. The van der Waals surface area contributed by atoms with Gasteiger partial charge in [-0.25, -0.2) is 4.39 Å². The first-order valence-corrected chi connectivity index (χ1v) is 5.32. The first kappa shape index (κ1) is 13.5. The minimum absolute atomic E-state index is 0.208. The molecule has 0 spiro atoms. The Labute approximate surface area is 106 Å². The number of nitrogens with zero attached hydrogens (tertiary/aromatic N) is 2. The highest BCUT2D eigenvalue weighted by molar-refractivity contribution is 5.36. The van der Waals surface area contributed by atoms with Gasteiger partial charge in [0.2, 0.25) is 0 Å². The third-order valence-electron chi connectivity index (χ3n) is 2.66. The van der Waals surface area contributed by atoms with Crippen molar-refractivity contribution in [1.29, 1.82) is 0 Å². The number of halogens is 4. The lowest BCUT2D eigenvalue weighted by Gasteiger charge is -2.16. The maximum atomic E-state index is 12.9. The Morgan fingerprint density at radius 3 is 2.53 bits per heavy atom. The van der Waals surface area contributed by atoms with Crippen LogP contribution in [-0.2, 0) is 13.2 Å². The number of aromatic nitrogens is 2. The Hall–Kier alpha value is -1.89. The van der Waals surface area contributed by atoms with Crippen LogP contribution in [0.2, 0.25) is 0 Å². The number of hydrogen-bond acceptors (Lipinski definition) is 2. The van der Waals surface area contributed by atoms with Crippen molar-refractivity contribution in [2.75, 3.05) is 0 Å². The van der Waals surface area contributed by atoms with E-state index in [0.29, 0.717) is 6.07 Å². The first-order chi connectivity index (χ1) is 8.79. The van der Waals surface area contributed by atoms with E-state index in [1.165, 1.54) is 17.1 Å². The molecule has 0 aliphatic carbocycles. The molecule has 2 aromatic rings. The zero-order chi connectivity index (χ0) is 14.2. The molecule has 1 unspecified atom stereocenters. The number of aliphatic hydroxyl groups excluding tert-OH is 1. The van der Waals surface area contributed by atoms with E-state index in [2.05, 4.69) is 5.10 Å². The lowest BCUT2D eigenvalue weighted by atomic mass is 9.98. The average molecular weight is 274 g/mol. The topological polar surface area (TPSA) is 38.0 Å². The zero-order valence-electron chi connectivity index (χ0n) is 9.82. The van der Waals surface area contributed by atoms with E-state index in [1.807, 2.05) is 0 Å². The molecule has 0 saturated carbocycles. The first-order valence-electron chi connectivity index (χ1n) is 5.32. The molecule has 2 rings (SSSR count). The van der Waals surface area contributed by atoms with E-state index in [0.717, 1.165) is 12.1 Å². The molecule has 0 amide bonds. The highest BCUT2D eigenvalue weighted by Crippen LogP contribution is 2.36. The second-order valence-corrected chi connectivity index (χ2v) is 4.08. The van der Waals surface area contributed by atoms with Crippen molar-refractivity contribution in [2.45, 2.75) is 12.3 Å². The average Bonchev–Trinajstić information content (AvgIpc) is 2.74. The van der Waals surface area contributed by atoms with Crippen LogP contribution in [0, 0.1) is 5.82 Å². The Balaban J connectivity index is 2.50. The summed E-state index contributed by atoms with van der Waals surface area (Å²) in [5.41, 5.74) is -1.38. The van der Waals surface area contributed by atoms with Crippen LogP contribution < -0.4 is 0 Å². The van der Waals surface area contributed by atoms with Gasteiger partial charge < -0.3 is 5.11 Å². The van der Waals surface area contributed by atoms with Gasteiger partial charge in [0.15, 0.2) is 0 Å². The molecule has 1 aromatic carbocycles. The summed E-state index contributed by atoms with van der Waals surface area (Å²) in [6.07, 6.45) is -3.59. The Morgan fingerprint density at radius 2 is 2.00 bits per heavy atom. The van der Waals surface area contributed by atoms with Gasteiger partial charge in [0.1, 0.15) is 11.9 Å². The van der Waals surface area contributed by atoms with Gasteiger partial charge in [-0.05, 0) is 17.7 Å². The predicted molar refractivity (Wildman–Crippen MR) is 58.7 cm³/mol. The van der Waals surface area contributed by atoms with Gasteiger partial charge in [0.05, 0.1) is 11.8 Å². The fourth-order valence-electron chi connectivity index (χ4n) is 1.77. The molecule has 0 radical (unpaired) electrons. The summed E-state index contributed by atoms with van der Waals surface area (Å²) in [5.74, 6) is -1.01. The van der Waals surface area contributed by atoms with E-state index < -0.39 is 29.2 Å². The molecule has 0 fully saturated rings. The quantitative estimate of drug-likeness (QED) is 0.855. The monoisotopic (exact) mass is 274 g/mol. The number of benzene rings is 1. The molecular weight excluding hydrogens is 264 g/mol. The second-order valence-electron chi connectivity index (χ2n) is 4.08. The van der Waals surface area contributed by atoms with Crippen molar-refractivity contribution in [1.82, 2.24) is 9.78 Å². The number of rotatable bonds is 2. The summed E-state index contributed by atoms with van der Waals surface area (Å²) in [6, 6.07) is 2.18. The van der Waals surface area contributed by atoms with Gasteiger partial charge in [0.25, 0.3) is 0 Å². The van der Waals surface area contributed by atoms with Crippen LogP contribution in [0.4, 0.5) is 17.6 Å². The maximum Gasteiger partial charge on any atom is 0.416 e.